The molecule has 1 saturated heterocycles. The average molecular weight is 354 g/mol. The molecule has 1 aliphatic carbocycles. The first kappa shape index (κ1) is 18.2. The predicted octanol–water partition coefficient (Wildman–Crippen LogP) is 4.18. The fraction of sp³-hybridized carbons (Fsp3) is 0.632. The van der Waals surface area contributed by atoms with Gasteiger partial charge in [0, 0.05) is 24.7 Å². The lowest BCUT2D eigenvalue weighted by Crippen LogP contribution is -2.53. The van der Waals surface area contributed by atoms with Crippen molar-refractivity contribution in [1.82, 2.24) is 9.80 Å². The van der Waals surface area contributed by atoms with Crippen molar-refractivity contribution in [3.05, 3.63) is 35.4 Å². The van der Waals surface area contributed by atoms with Crippen molar-refractivity contribution in [3.63, 3.8) is 0 Å². The van der Waals surface area contributed by atoms with E-state index >= 15 is 0 Å². The topological polar surface area (TPSA) is 23.6 Å². The van der Waals surface area contributed by atoms with Crippen LogP contribution in [0.2, 0.25) is 0 Å². The Bertz CT molecular complexity index is 594. The summed E-state index contributed by atoms with van der Waals surface area (Å²) in [5.41, 5.74) is -0.402. The highest BCUT2D eigenvalue weighted by Crippen LogP contribution is 2.31. The summed E-state index contributed by atoms with van der Waals surface area (Å²) in [5.74, 6) is -0.190. The highest BCUT2D eigenvalue weighted by molar-refractivity contribution is 5.94. The molecule has 1 aromatic carbocycles. The van der Waals surface area contributed by atoms with Gasteiger partial charge in [-0.15, -0.1) is 0 Å². The van der Waals surface area contributed by atoms with Crippen LogP contribution in [0.5, 0.6) is 0 Å². The minimum atomic E-state index is -4.38. The van der Waals surface area contributed by atoms with Crippen LogP contribution in [0.3, 0.4) is 0 Å². The summed E-state index contributed by atoms with van der Waals surface area (Å²) in [6.45, 7) is 2.17. The fourth-order valence-electron chi connectivity index (χ4n) is 4.20. The molecule has 2 aliphatic rings. The van der Waals surface area contributed by atoms with Crippen LogP contribution in [0.25, 0.3) is 0 Å². The van der Waals surface area contributed by atoms with Crippen molar-refractivity contribution >= 4 is 5.91 Å². The Hall–Kier alpha value is -1.56. The number of likely N-dealkylation sites (tertiary alicyclic amines) is 1. The summed E-state index contributed by atoms with van der Waals surface area (Å²) in [6.07, 6.45) is 2.37. The van der Waals surface area contributed by atoms with Crippen LogP contribution in [-0.4, -0.2) is 47.9 Å². The summed E-state index contributed by atoms with van der Waals surface area (Å²) >= 11 is 0. The maximum Gasteiger partial charge on any atom is 0.416 e. The van der Waals surface area contributed by atoms with Crippen molar-refractivity contribution in [3.8, 4) is 0 Å². The van der Waals surface area contributed by atoms with Crippen LogP contribution in [0.1, 0.15) is 54.4 Å². The highest BCUT2D eigenvalue weighted by atomic mass is 19.4. The quantitative estimate of drug-likeness (QED) is 0.813. The van der Waals surface area contributed by atoms with E-state index in [4.69, 9.17) is 0 Å². The van der Waals surface area contributed by atoms with Crippen molar-refractivity contribution < 1.29 is 18.0 Å². The van der Waals surface area contributed by atoms with Gasteiger partial charge < -0.3 is 4.90 Å². The van der Waals surface area contributed by atoms with Crippen molar-refractivity contribution in [2.45, 2.75) is 56.8 Å². The van der Waals surface area contributed by atoms with Crippen LogP contribution in [0, 0.1) is 0 Å². The Morgan fingerprint density at radius 2 is 1.64 bits per heavy atom. The number of carbonyl (C=O) groups is 1. The molecule has 1 saturated carbocycles. The van der Waals surface area contributed by atoms with Crippen LogP contribution in [-0.2, 0) is 6.18 Å². The molecule has 0 N–H and O–H groups in total. The van der Waals surface area contributed by atoms with Crippen LogP contribution in [0.15, 0.2) is 24.3 Å². The van der Waals surface area contributed by atoms with Gasteiger partial charge in [0.05, 0.1) is 5.56 Å². The molecule has 1 aliphatic heterocycles. The van der Waals surface area contributed by atoms with E-state index in [2.05, 4.69) is 4.90 Å². The SMILES string of the molecule is CN(C(=O)c1ccc(C(F)(F)F)cc1)C1CCCCC1N1CCCC1. The van der Waals surface area contributed by atoms with Crippen molar-refractivity contribution in [1.29, 1.82) is 0 Å². The molecular formula is C19H25F3N2O. The number of hydrogen-bond donors (Lipinski definition) is 0. The number of halogens is 3. The average Bonchev–Trinajstić information content (AvgIpc) is 3.14. The second kappa shape index (κ2) is 7.36. The van der Waals surface area contributed by atoms with Crippen LogP contribution < -0.4 is 0 Å². The maximum absolute atomic E-state index is 12.8. The Morgan fingerprint density at radius 3 is 2.24 bits per heavy atom. The van der Waals surface area contributed by atoms with Gasteiger partial charge in [0.1, 0.15) is 0 Å². The Labute approximate surface area is 146 Å². The first-order valence-corrected chi connectivity index (χ1v) is 9.06. The first-order valence-electron chi connectivity index (χ1n) is 9.06. The van der Waals surface area contributed by atoms with E-state index in [1.165, 1.54) is 31.4 Å². The van der Waals surface area contributed by atoms with Crippen LogP contribution in [0.4, 0.5) is 13.2 Å². The predicted molar refractivity (Wildman–Crippen MR) is 90.4 cm³/mol. The van der Waals surface area contributed by atoms with Gasteiger partial charge in [-0.25, -0.2) is 0 Å². The third-order valence-electron chi connectivity index (χ3n) is 5.58. The maximum atomic E-state index is 12.8. The van der Waals surface area contributed by atoms with Gasteiger partial charge in [-0.2, -0.15) is 13.2 Å². The van der Waals surface area contributed by atoms with Gasteiger partial charge in [-0.05, 0) is 63.0 Å². The second-order valence-corrected chi connectivity index (χ2v) is 7.15. The lowest BCUT2D eigenvalue weighted by molar-refractivity contribution is -0.137. The number of carbonyl (C=O) groups excluding carboxylic acids is 1. The molecule has 0 aromatic heterocycles. The summed E-state index contributed by atoms with van der Waals surface area (Å²) in [6, 6.07) is 5.06. The summed E-state index contributed by atoms with van der Waals surface area (Å²) in [5, 5.41) is 0. The number of benzene rings is 1. The number of rotatable bonds is 3. The monoisotopic (exact) mass is 354 g/mol. The van der Waals surface area contributed by atoms with Gasteiger partial charge in [0.15, 0.2) is 0 Å². The van der Waals surface area contributed by atoms with E-state index in [1.54, 1.807) is 11.9 Å². The lowest BCUT2D eigenvalue weighted by atomic mass is 9.88. The third-order valence-corrected chi connectivity index (χ3v) is 5.58. The molecule has 138 valence electrons. The van der Waals surface area contributed by atoms with E-state index in [1.807, 2.05) is 0 Å². The molecule has 2 fully saturated rings. The third kappa shape index (κ3) is 4.00. The molecule has 2 unspecified atom stereocenters. The fourth-order valence-corrected chi connectivity index (χ4v) is 4.20. The van der Waals surface area contributed by atoms with Gasteiger partial charge in [0.2, 0.25) is 0 Å². The van der Waals surface area contributed by atoms with Gasteiger partial charge in [0.25, 0.3) is 5.91 Å². The zero-order valence-electron chi connectivity index (χ0n) is 14.6. The van der Waals surface area contributed by atoms with Gasteiger partial charge in [-0.3, -0.25) is 9.69 Å². The number of amides is 1. The molecule has 0 radical (unpaired) electrons. The normalized spacial score (nSPS) is 25.1. The first-order chi connectivity index (χ1) is 11.9. The smallest absolute Gasteiger partial charge is 0.337 e. The Morgan fingerprint density at radius 1 is 1.04 bits per heavy atom. The second-order valence-electron chi connectivity index (χ2n) is 7.15. The molecule has 1 heterocycles. The highest BCUT2D eigenvalue weighted by Gasteiger charge is 2.36. The molecule has 3 nitrogen and oxygen atoms in total. The summed E-state index contributed by atoms with van der Waals surface area (Å²) < 4.78 is 38.1. The standard InChI is InChI=1S/C19H25F3N2O/c1-23(16-6-2-3-7-17(16)24-12-4-5-13-24)18(25)14-8-10-15(11-9-14)19(20,21)22/h8-11,16-17H,2-7,12-13H2,1H3. The zero-order valence-corrected chi connectivity index (χ0v) is 14.6. The number of nitrogens with zero attached hydrogens (tertiary/aromatic N) is 2. The molecule has 0 spiro atoms. The van der Waals surface area contributed by atoms with Gasteiger partial charge >= 0.3 is 6.18 Å². The van der Waals surface area contributed by atoms with E-state index in [9.17, 15) is 18.0 Å². The molecule has 1 aromatic rings. The Balaban J connectivity index is 1.73. The molecule has 25 heavy (non-hydrogen) atoms. The zero-order chi connectivity index (χ0) is 18.0. The largest absolute Gasteiger partial charge is 0.416 e. The van der Waals surface area contributed by atoms with Gasteiger partial charge in [-0.1, -0.05) is 12.8 Å². The minimum Gasteiger partial charge on any atom is -0.337 e. The lowest BCUT2D eigenvalue weighted by Gasteiger charge is -2.42. The van der Waals surface area contributed by atoms with E-state index in [-0.39, 0.29) is 11.9 Å². The minimum absolute atomic E-state index is 0.140. The number of likely N-dealkylation sites (N-methyl/N-ethyl adjacent to an activating group) is 1. The van der Waals surface area contributed by atoms with E-state index in [0.717, 1.165) is 44.5 Å². The molecule has 1 amide bonds. The molecule has 3 rings (SSSR count). The summed E-state index contributed by atoms with van der Waals surface area (Å²) in [4.78, 5) is 17.0. The van der Waals surface area contributed by atoms with Crippen molar-refractivity contribution in [2.24, 2.45) is 0 Å². The molecule has 2 atom stereocenters. The number of alkyl halides is 3. The molecule has 0 bridgehead atoms. The summed E-state index contributed by atoms with van der Waals surface area (Å²) in [7, 11) is 1.79. The van der Waals surface area contributed by atoms with E-state index < -0.39 is 11.7 Å². The van der Waals surface area contributed by atoms with Crippen LogP contribution >= 0.6 is 0 Å². The van der Waals surface area contributed by atoms with Crippen molar-refractivity contribution in [2.75, 3.05) is 20.1 Å². The number of hydrogen-bond acceptors (Lipinski definition) is 2. The Kier molecular flexibility index (Phi) is 5.37. The molecule has 6 heteroatoms. The van der Waals surface area contributed by atoms with E-state index in [0.29, 0.717) is 11.6 Å². The molecular weight excluding hydrogens is 329 g/mol.